The molecule has 734 valence electrons. The van der Waals surface area contributed by atoms with Crippen LogP contribution >= 0.6 is 0 Å². The number of nitrogens with zero attached hydrogens (tertiary/aromatic N) is 10. The van der Waals surface area contributed by atoms with Crippen molar-refractivity contribution in [2.45, 2.75) is 211 Å². The van der Waals surface area contributed by atoms with Crippen LogP contribution < -0.4 is 16.8 Å². The van der Waals surface area contributed by atoms with Gasteiger partial charge in [-0.25, -0.2) is 29.2 Å². The third kappa shape index (κ3) is 32.5. The molecular weight excluding hydrogens is 1720 g/mol. The van der Waals surface area contributed by atoms with Crippen LogP contribution in [0, 0.1) is 29.6 Å². The summed E-state index contributed by atoms with van der Waals surface area (Å²) in [7, 11) is 3.07. The topological polar surface area (TPSA) is 493 Å². The predicted octanol–water partition coefficient (Wildman–Crippen LogP) is 8.52. The van der Waals surface area contributed by atoms with Gasteiger partial charge in [0.15, 0.2) is 11.4 Å². The van der Waals surface area contributed by atoms with E-state index in [9.17, 15) is 49.6 Å². The Hall–Kier alpha value is -9.13. The third-order valence-electron chi connectivity index (χ3n) is 25.1. The van der Waals surface area contributed by atoms with E-state index in [2.05, 4.69) is 53.5 Å². The summed E-state index contributed by atoms with van der Waals surface area (Å²) in [5.41, 5.74) is 30.9. The van der Waals surface area contributed by atoms with Gasteiger partial charge in [0, 0.05) is 99.0 Å². The second-order valence-corrected chi connectivity index (χ2v) is 34.9. The number of nitrogens with one attached hydrogen (secondary N) is 2. The Morgan fingerprint density at radius 3 is 2.02 bits per heavy atom. The van der Waals surface area contributed by atoms with E-state index in [1.54, 1.807) is 47.1 Å². The molecule has 16 atom stereocenters. The number of pyridine rings is 1. The number of rotatable bonds is 43. The molecule has 10 rings (SSSR count). The average Bonchev–Trinajstić information content (AvgIpc) is 1.74. The highest BCUT2D eigenvalue weighted by Gasteiger charge is 2.53. The fourth-order valence-electron chi connectivity index (χ4n) is 17.5. The maximum atomic E-state index is 14.8. The number of hydrogen-bond acceptors (Lipinski definition) is 31. The van der Waals surface area contributed by atoms with Gasteiger partial charge in [0.05, 0.1) is 169 Å². The number of allylic oxidation sites excluding steroid dienone is 5. The quantitative estimate of drug-likeness (QED) is 0.00365. The first kappa shape index (κ1) is 106. The number of nitrogen functional groups attached to an aromatic ring is 1. The first-order valence-electron chi connectivity index (χ1n) is 46.8. The highest BCUT2D eigenvalue weighted by molar-refractivity contribution is 6.39. The van der Waals surface area contributed by atoms with Crippen LogP contribution in [0.15, 0.2) is 102 Å². The molecule has 3 fully saturated rings. The maximum Gasteiger partial charge on any atom is 0.407 e. The molecule has 38 nitrogen and oxygen atoms in total. The Morgan fingerprint density at radius 1 is 0.714 bits per heavy atom. The van der Waals surface area contributed by atoms with Crippen molar-refractivity contribution >= 4 is 63.3 Å². The third-order valence-corrected chi connectivity index (χ3v) is 25.1. The minimum atomic E-state index is -2.51. The van der Waals surface area contributed by atoms with Crippen molar-refractivity contribution in [3.05, 3.63) is 124 Å². The average molecular weight is 1860 g/mol. The number of nitrogens with two attached hydrogens (primary N) is 2. The molecule has 4 aliphatic heterocycles. The number of ether oxygens (including phenoxy) is 15. The minimum Gasteiger partial charge on any atom is -0.459 e. The predicted molar refractivity (Wildman–Crippen MR) is 492 cm³/mol. The molecule has 3 amide bonds. The largest absolute Gasteiger partial charge is 0.459 e. The molecule has 0 radical (unpaired) electrons. The van der Waals surface area contributed by atoms with Gasteiger partial charge >= 0.3 is 12.1 Å². The van der Waals surface area contributed by atoms with E-state index >= 15 is 0 Å². The number of Topliss-reactive ketones (excluding diaryl/α,β-unsaturated/α-hetero) is 2. The molecule has 1 aliphatic carbocycles. The van der Waals surface area contributed by atoms with Crippen molar-refractivity contribution in [3.8, 4) is 11.3 Å². The first-order valence-corrected chi connectivity index (χ1v) is 46.8. The molecule has 4 aromatic heterocycles. The zero-order valence-corrected chi connectivity index (χ0v) is 78.4. The van der Waals surface area contributed by atoms with Crippen molar-refractivity contribution < 1.29 is 115 Å². The fourth-order valence-corrected chi connectivity index (χ4v) is 17.5. The molecule has 2 bridgehead atoms. The second kappa shape index (κ2) is 55.8. The molecule has 1 unspecified atom stereocenters. The number of benzene rings is 1. The lowest BCUT2D eigenvalue weighted by Crippen LogP contribution is -2.61. The number of aromatic nitrogens is 6. The summed E-state index contributed by atoms with van der Waals surface area (Å²) in [5.74, 6) is -8.17. The van der Waals surface area contributed by atoms with Crippen molar-refractivity contribution in [2.24, 2.45) is 40.4 Å². The molecule has 0 spiro atoms. The molecule has 1 saturated carbocycles. The van der Waals surface area contributed by atoms with Crippen LogP contribution in [0.3, 0.4) is 0 Å². The summed E-state index contributed by atoms with van der Waals surface area (Å²) in [4.78, 5) is 106. The van der Waals surface area contributed by atoms with E-state index < -0.39 is 114 Å². The van der Waals surface area contributed by atoms with E-state index in [4.69, 9.17) is 87.6 Å². The Labute approximate surface area is 778 Å². The van der Waals surface area contributed by atoms with Gasteiger partial charge in [-0.05, 0) is 154 Å². The number of carbonyl (C=O) groups excluding carboxylic acids is 6. The van der Waals surface area contributed by atoms with Crippen molar-refractivity contribution in [3.63, 3.8) is 0 Å². The van der Waals surface area contributed by atoms with Gasteiger partial charge < -0.3 is 118 Å². The SMILES string of the molecule is CO[C@H]1C[C@@H]2CC[C@@H](C)[C@@](O)(O2)C(=O)C(=O)N2CCCC[C@H]2C(=O)O[C@H]([C@H](N)C[C@@H]2CC[C@@H](OC(=O)NCCOCCOCCOCCOCCOCCOCCOCCOCCOCCOCCC(=O)N3CCc4cc(Cn5nc(-c6cnc7[nH]ccc7c6)c6c(N)ncnc65)ccc4C3)[C@H](OC)C2)CC(N=[N+]=[N-])[C@H](C)/C=C(\C)[C@@H](O)[C@@H](O)C(=O)[C@H](C)C[C@H](C)/C=C/C=C/C=C/1C. The Kier molecular flexibility index (Phi) is 44.4. The summed E-state index contributed by atoms with van der Waals surface area (Å²) >= 11 is 0. The number of alkyl carbamates (subject to hydrolysis) is 1. The second-order valence-electron chi connectivity index (χ2n) is 34.9. The van der Waals surface area contributed by atoms with Gasteiger partial charge in [-0.3, -0.25) is 19.2 Å². The number of cyclic esters (lactones) is 1. The number of hydrogen-bond donors (Lipinski definition) is 7. The highest BCUT2D eigenvalue weighted by atomic mass is 16.6. The molecule has 2 saturated heterocycles. The Balaban J connectivity index is 0.528. The molecule has 5 aromatic rings. The summed E-state index contributed by atoms with van der Waals surface area (Å²) in [5, 5.41) is 48.3. The standard InChI is InChI=1S/C95H140N14O24/c1-62-14-10-9-11-15-63(2)79(119-7)56-74-21-17-67(6)95(118,133-74)88(114)92(115)108-28-13-12-16-77(108)93(116)131-80(57-76(104-106-98)64(3)51-66(5)86(112)87(113)85(111)65(4)50-62)75(96)53-68-19-22-78(81(54-68)120-8)132-94(117)100-27-31-122-33-35-124-37-39-126-41-43-128-45-47-130-49-48-129-46-44-127-42-40-125-38-36-123-34-32-121-30-25-82(110)107-29-24-70-52-69(18-20-72(70)60-107)59-109-91-83(89(97)102-61-103-91)84(105-109)73-55-71-23-26-99-90(71)101-58-73/h9-11,14-15,18,20,23,26,51-52,55,58,61-62,64-65,67-68,74-81,86-87,112-113,118H,12-13,16-17,19,21-22,24-25,27-50,53-54,56-57,59-60,96H2,1-8H3,(H,99,101)(H,100,117)(H2,97,102,103)/b11-9+,14-10+,63-15+,66-51+/t62-,64-,65-,67-,68+,74+,75-,76?,77+,78-,79+,80+,81-,86-,87+,95-/m1/s1. The number of carbonyl (C=O) groups is 6. The van der Waals surface area contributed by atoms with Gasteiger partial charge in [0.25, 0.3) is 11.7 Å². The summed E-state index contributed by atoms with van der Waals surface area (Å²) in [6, 6.07) is 7.16. The number of esters is 1. The summed E-state index contributed by atoms with van der Waals surface area (Å²) in [6.45, 7) is 19.8. The van der Waals surface area contributed by atoms with Crippen LogP contribution in [0.4, 0.5) is 10.6 Å². The van der Waals surface area contributed by atoms with Gasteiger partial charge in [0.1, 0.15) is 53.9 Å². The van der Waals surface area contributed by atoms with E-state index in [1.807, 2.05) is 72.1 Å². The monoisotopic (exact) mass is 1860 g/mol. The van der Waals surface area contributed by atoms with Gasteiger partial charge in [-0.2, -0.15) is 5.10 Å². The summed E-state index contributed by atoms with van der Waals surface area (Å²) in [6.07, 6.45) is 13.5. The van der Waals surface area contributed by atoms with Gasteiger partial charge in [-0.1, -0.05) is 87.5 Å². The van der Waals surface area contributed by atoms with Gasteiger partial charge in [-0.15, -0.1) is 0 Å². The Bertz CT molecular complexity index is 4660. The van der Waals surface area contributed by atoms with Crippen LogP contribution in [-0.2, 0) is 115 Å². The van der Waals surface area contributed by atoms with Crippen molar-refractivity contribution in [2.75, 3.05) is 172 Å². The van der Waals surface area contributed by atoms with Crippen molar-refractivity contribution in [1.82, 2.24) is 44.8 Å². The van der Waals surface area contributed by atoms with Crippen LogP contribution in [0.25, 0.3) is 43.8 Å². The van der Waals surface area contributed by atoms with E-state index in [0.29, 0.717) is 212 Å². The number of methoxy groups -OCH3 is 2. The zero-order valence-electron chi connectivity index (χ0n) is 78.4. The molecule has 9 N–H and O–H groups in total. The van der Waals surface area contributed by atoms with Crippen LogP contribution in [0.2, 0.25) is 0 Å². The number of ketones is 2. The fraction of sp³-hybridized carbons (Fsp3) is 0.663. The number of azide groups is 1. The smallest absolute Gasteiger partial charge is 0.407 e. The molecule has 1 aromatic carbocycles. The Morgan fingerprint density at radius 2 is 1.37 bits per heavy atom. The number of anilines is 1. The normalized spacial score (nSPS) is 26.8. The number of fused-ring (bicyclic) bond motifs is 6. The lowest BCUT2D eigenvalue weighted by Gasteiger charge is -2.43. The van der Waals surface area contributed by atoms with Crippen LogP contribution in [0.1, 0.15) is 142 Å². The van der Waals surface area contributed by atoms with E-state index in [0.717, 1.165) is 44.6 Å². The lowest BCUT2D eigenvalue weighted by molar-refractivity contribution is -0.265. The number of aliphatic hydroxyl groups excluding tert-OH is 2. The van der Waals surface area contributed by atoms with Crippen LogP contribution in [-0.4, -0.2) is 323 Å². The molecule has 8 heterocycles. The summed E-state index contributed by atoms with van der Waals surface area (Å²) < 4.78 is 88.3. The number of amides is 3. The molecule has 38 heteroatoms. The lowest BCUT2D eigenvalue weighted by atomic mass is 9.80. The number of aliphatic hydroxyl groups is 3. The molecule has 5 aliphatic rings. The zero-order chi connectivity index (χ0) is 95.0. The highest BCUT2D eigenvalue weighted by Crippen LogP contribution is 2.39. The van der Waals surface area contributed by atoms with E-state index in [-0.39, 0.29) is 81.7 Å². The minimum absolute atomic E-state index is 0.000591. The number of H-pyrrole nitrogens is 1. The maximum absolute atomic E-state index is 14.8. The number of piperidine rings is 1. The van der Waals surface area contributed by atoms with Crippen LogP contribution in [0.5, 0.6) is 0 Å². The van der Waals surface area contributed by atoms with Crippen molar-refractivity contribution in [1.29, 1.82) is 0 Å². The van der Waals surface area contributed by atoms with Gasteiger partial charge in [0.2, 0.25) is 11.7 Å². The molecular formula is C95H140N14O24. The molecule has 133 heavy (non-hydrogen) atoms. The number of aromatic amines is 1. The van der Waals surface area contributed by atoms with E-state index in [1.165, 1.54) is 19.0 Å². The first-order chi connectivity index (χ1) is 64.4.